The number of hydrogen-bond acceptors (Lipinski definition) is 5. The number of rotatable bonds is 8. The Bertz CT molecular complexity index is 1750. The Kier molecular flexibility index (Phi) is 9.83. The highest BCUT2D eigenvalue weighted by molar-refractivity contribution is 6.32. The molecule has 3 aromatic rings. The van der Waals surface area contributed by atoms with Gasteiger partial charge in [-0.15, -0.1) is 0 Å². The number of fused-ring (bicyclic) bond motifs is 1. The lowest BCUT2D eigenvalue weighted by Crippen LogP contribution is -2.38. The number of carbonyl (C=O) groups is 2. The maximum absolute atomic E-state index is 13.7. The first-order chi connectivity index (χ1) is 22.5. The molecule has 4 atom stereocenters. The molecule has 48 heavy (non-hydrogen) atoms. The number of aliphatic hydroxyl groups is 2. The van der Waals surface area contributed by atoms with Crippen LogP contribution >= 0.6 is 11.6 Å². The maximum atomic E-state index is 13.7. The molecule has 1 fully saturated rings. The van der Waals surface area contributed by atoms with Crippen molar-refractivity contribution in [3.05, 3.63) is 105 Å². The molecule has 0 saturated carbocycles. The third-order valence-electron chi connectivity index (χ3n) is 8.86. The Morgan fingerprint density at radius 3 is 2.15 bits per heavy atom. The summed E-state index contributed by atoms with van der Waals surface area (Å²) in [6.45, 7) is 0.896. The van der Waals surface area contributed by atoms with E-state index in [9.17, 15) is 51.3 Å². The van der Waals surface area contributed by atoms with E-state index < -0.39 is 71.4 Å². The first-order valence-corrected chi connectivity index (χ1v) is 15.3. The van der Waals surface area contributed by atoms with Crippen molar-refractivity contribution in [3.8, 4) is 5.75 Å². The van der Waals surface area contributed by atoms with Crippen molar-refractivity contribution < 1.29 is 51.3 Å². The van der Waals surface area contributed by atoms with Crippen LogP contribution in [0.25, 0.3) is 11.6 Å². The fraction of sp³-hybridized carbons (Fsp3) is 0.314. The van der Waals surface area contributed by atoms with Gasteiger partial charge in [0.25, 0.3) is 0 Å². The molecule has 3 N–H and O–H groups in total. The van der Waals surface area contributed by atoms with Gasteiger partial charge in [-0.1, -0.05) is 47.5 Å². The highest BCUT2D eigenvalue weighted by Gasteiger charge is 2.55. The van der Waals surface area contributed by atoms with Gasteiger partial charge in [-0.05, 0) is 90.9 Å². The second kappa shape index (κ2) is 13.4. The van der Waals surface area contributed by atoms with Gasteiger partial charge in [0.15, 0.2) is 0 Å². The SMILES string of the molecule is CC1=C([C@H](O)CC/C(=C/c2ccc(O)cc2Cl)c2ccccc2)[C@H](CO)[C@@H]2C(=O)N(c3cc(C(F)(F)F)cc(C(F)(F)F)c3)C(=O)[C@@H]2C1. The zero-order chi connectivity index (χ0) is 35.1. The van der Waals surface area contributed by atoms with E-state index in [4.69, 9.17) is 11.6 Å². The van der Waals surface area contributed by atoms with Gasteiger partial charge in [-0.2, -0.15) is 26.3 Å². The Morgan fingerprint density at radius 2 is 1.58 bits per heavy atom. The zero-order valence-electron chi connectivity index (χ0n) is 25.3. The van der Waals surface area contributed by atoms with Crippen LogP contribution in [0.3, 0.4) is 0 Å². The van der Waals surface area contributed by atoms with Crippen molar-refractivity contribution in [2.24, 2.45) is 17.8 Å². The average Bonchev–Trinajstić information content (AvgIpc) is 3.27. The van der Waals surface area contributed by atoms with E-state index in [1.54, 1.807) is 19.1 Å². The lowest BCUT2D eigenvalue weighted by molar-refractivity contribution is -0.143. The third kappa shape index (κ3) is 7.01. The largest absolute Gasteiger partial charge is 0.508 e. The number of imide groups is 1. The van der Waals surface area contributed by atoms with Crippen molar-refractivity contribution in [3.63, 3.8) is 0 Å². The molecular weight excluding hydrogens is 664 g/mol. The normalized spacial score (nSPS) is 21.2. The number of phenolic OH excluding ortho intramolecular Hbond substituents is 1. The van der Waals surface area contributed by atoms with Crippen LogP contribution in [0.1, 0.15) is 48.4 Å². The van der Waals surface area contributed by atoms with Gasteiger partial charge in [0.2, 0.25) is 11.8 Å². The number of amides is 2. The number of allylic oxidation sites excluding steroid dienone is 2. The molecule has 3 aromatic carbocycles. The number of alkyl halides is 6. The summed E-state index contributed by atoms with van der Waals surface area (Å²) < 4.78 is 81.4. The second-order valence-electron chi connectivity index (χ2n) is 11.9. The zero-order valence-corrected chi connectivity index (χ0v) is 26.1. The number of benzene rings is 3. The highest BCUT2D eigenvalue weighted by Crippen LogP contribution is 2.48. The number of anilines is 1. The van der Waals surface area contributed by atoms with Crippen LogP contribution in [0.4, 0.5) is 32.0 Å². The molecule has 0 bridgehead atoms. The van der Waals surface area contributed by atoms with Gasteiger partial charge in [-0.25, -0.2) is 4.90 Å². The van der Waals surface area contributed by atoms with Crippen molar-refractivity contribution in [2.75, 3.05) is 11.5 Å². The summed E-state index contributed by atoms with van der Waals surface area (Å²) in [4.78, 5) is 27.5. The number of aromatic hydroxyl groups is 1. The van der Waals surface area contributed by atoms with E-state index in [-0.39, 0.29) is 36.7 Å². The molecule has 1 aliphatic carbocycles. The Morgan fingerprint density at radius 1 is 0.958 bits per heavy atom. The molecular formula is C35H30ClF6NO5. The van der Waals surface area contributed by atoms with Gasteiger partial charge in [-0.3, -0.25) is 9.59 Å². The summed E-state index contributed by atoms with van der Waals surface area (Å²) >= 11 is 6.33. The minimum absolute atomic E-state index is 0.0192. The predicted octanol–water partition coefficient (Wildman–Crippen LogP) is 7.90. The molecule has 1 aliphatic heterocycles. The first-order valence-electron chi connectivity index (χ1n) is 14.9. The van der Waals surface area contributed by atoms with Crippen LogP contribution in [0.2, 0.25) is 5.02 Å². The van der Waals surface area contributed by atoms with E-state index in [0.29, 0.717) is 33.2 Å². The molecule has 6 nitrogen and oxygen atoms in total. The van der Waals surface area contributed by atoms with E-state index in [1.165, 1.54) is 12.1 Å². The monoisotopic (exact) mass is 693 g/mol. The summed E-state index contributed by atoms with van der Waals surface area (Å²) in [7, 11) is 0. The van der Waals surface area contributed by atoms with Crippen LogP contribution < -0.4 is 4.90 Å². The standard InChI is InChI=1S/C35H30ClF6NO5/c1-18-11-26-31(33(48)43(32(26)47)24-14-22(34(37,38)39)13-23(15-24)35(40,41)42)27(17-44)30(18)29(46)10-8-20(19-5-3-2-4-6-19)12-21-7-9-25(45)16-28(21)36/h2-7,9,12-16,26-27,29,31,44-46H,8,10-11,17H2,1H3/b20-12-/t26-,27+,29-,31-/m1/s1. The first kappa shape index (κ1) is 35.2. The molecule has 0 aromatic heterocycles. The fourth-order valence-corrected chi connectivity index (χ4v) is 6.89. The number of phenols is 1. The van der Waals surface area contributed by atoms with Crippen LogP contribution in [-0.4, -0.2) is 39.8 Å². The summed E-state index contributed by atoms with van der Waals surface area (Å²) in [6.07, 6.45) is -9.55. The van der Waals surface area contributed by atoms with E-state index in [1.807, 2.05) is 30.3 Å². The number of hydrogen-bond donors (Lipinski definition) is 3. The van der Waals surface area contributed by atoms with E-state index in [0.717, 1.165) is 11.1 Å². The second-order valence-corrected chi connectivity index (χ2v) is 12.3. The molecule has 2 amide bonds. The Hall–Kier alpha value is -4.13. The molecule has 1 saturated heterocycles. The average molecular weight is 694 g/mol. The molecule has 2 aliphatic rings. The minimum atomic E-state index is -5.20. The maximum Gasteiger partial charge on any atom is 0.416 e. The number of nitrogens with zero attached hydrogens (tertiary/aromatic N) is 1. The lowest BCUT2D eigenvalue weighted by atomic mass is 9.68. The minimum Gasteiger partial charge on any atom is -0.508 e. The van der Waals surface area contributed by atoms with Crippen LogP contribution in [0.15, 0.2) is 77.9 Å². The van der Waals surface area contributed by atoms with Gasteiger partial charge >= 0.3 is 12.4 Å². The topological polar surface area (TPSA) is 98.1 Å². The van der Waals surface area contributed by atoms with Crippen molar-refractivity contribution >= 4 is 40.8 Å². The summed E-state index contributed by atoms with van der Waals surface area (Å²) in [5.41, 5.74) is -1.28. The fourth-order valence-electron chi connectivity index (χ4n) is 6.66. The molecule has 5 rings (SSSR count). The van der Waals surface area contributed by atoms with Crippen LogP contribution in [-0.2, 0) is 21.9 Å². The smallest absolute Gasteiger partial charge is 0.416 e. The Balaban J connectivity index is 1.45. The van der Waals surface area contributed by atoms with E-state index in [2.05, 4.69) is 0 Å². The number of halogens is 7. The third-order valence-corrected chi connectivity index (χ3v) is 9.19. The molecule has 0 unspecified atom stereocenters. The van der Waals surface area contributed by atoms with E-state index >= 15 is 0 Å². The van der Waals surface area contributed by atoms with Gasteiger partial charge < -0.3 is 15.3 Å². The van der Waals surface area contributed by atoms with Gasteiger partial charge in [0.1, 0.15) is 5.75 Å². The molecule has 13 heteroatoms. The number of aliphatic hydroxyl groups excluding tert-OH is 2. The predicted molar refractivity (Wildman–Crippen MR) is 166 cm³/mol. The van der Waals surface area contributed by atoms with Crippen molar-refractivity contribution in [1.82, 2.24) is 0 Å². The Labute approximate surface area is 276 Å². The van der Waals surface area contributed by atoms with Crippen molar-refractivity contribution in [1.29, 1.82) is 0 Å². The van der Waals surface area contributed by atoms with Crippen molar-refractivity contribution in [2.45, 2.75) is 44.6 Å². The summed E-state index contributed by atoms with van der Waals surface area (Å²) in [6, 6.07) is 14.2. The summed E-state index contributed by atoms with van der Waals surface area (Å²) in [5, 5.41) is 32.0. The quantitative estimate of drug-likeness (QED) is 0.0965. The molecule has 0 radical (unpaired) electrons. The van der Waals surface area contributed by atoms with Gasteiger partial charge in [0.05, 0.1) is 46.4 Å². The lowest BCUT2D eigenvalue weighted by Gasteiger charge is -2.35. The highest BCUT2D eigenvalue weighted by atomic mass is 35.5. The number of carbonyl (C=O) groups excluding carboxylic acids is 2. The molecule has 0 spiro atoms. The molecule has 254 valence electrons. The molecule has 1 heterocycles. The van der Waals surface area contributed by atoms with Crippen LogP contribution in [0.5, 0.6) is 5.75 Å². The van der Waals surface area contributed by atoms with Crippen LogP contribution in [0, 0.1) is 17.8 Å². The van der Waals surface area contributed by atoms with Gasteiger partial charge in [0, 0.05) is 5.92 Å². The summed E-state index contributed by atoms with van der Waals surface area (Å²) in [5.74, 6) is -5.66.